The number of fused-ring (bicyclic) bond motifs is 3. The largest absolute Gasteiger partial charge is 0.339 e. The van der Waals surface area contributed by atoms with Crippen LogP contribution in [0, 0.1) is 5.92 Å². The van der Waals surface area contributed by atoms with E-state index in [9.17, 15) is 22.0 Å². The van der Waals surface area contributed by atoms with Gasteiger partial charge in [0.2, 0.25) is 10.0 Å². The first-order chi connectivity index (χ1) is 14.7. The van der Waals surface area contributed by atoms with Crippen molar-refractivity contribution in [2.24, 2.45) is 5.92 Å². The highest BCUT2D eigenvalue weighted by molar-refractivity contribution is 7.90. The number of piperidine rings is 1. The molecular weight excluding hydrogens is 424 g/mol. The zero-order chi connectivity index (χ0) is 22.3. The summed E-state index contributed by atoms with van der Waals surface area (Å²) in [7, 11) is -3.57. The summed E-state index contributed by atoms with van der Waals surface area (Å²) in [4.78, 5) is 16.6. The number of benzene rings is 1. The summed E-state index contributed by atoms with van der Waals surface area (Å²) in [5.41, 5.74) is 2.43. The summed E-state index contributed by atoms with van der Waals surface area (Å²) < 4.78 is 53.0. The number of halogens is 2. The first kappa shape index (κ1) is 22.2. The fourth-order valence-electron chi connectivity index (χ4n) is 4.70. The summed E-state index contributed by atoms with van der Waals surface area (Å²) in [5, 5.41) is 0.669. The molecule has 4 rings (SSSR count). The van der Waals surface area contributed by atoms with Gasteiger partial charge in [0, 0.05) is 49.2 Å². The Morgan fingerprint density at radius 1 is 1.19 bits per heavy atom. The van der Waals surface area contributed by atoms with E-state index in [1.54, 1.807) is 30.0 Å². The quantitative estimate of drug-likeness (QED) is 0.697. The van der Waals surface area contributed by atoms with Crippen molar-refractivity contribution >= 4 is 26.8 Å². The van der Waals surface area contributed by atoms with Gasteiger partial charge in [-0.2, -0.15) is 0 Å². The fourth-order valence-corrected chi connectivity index (χ4v) is 5.95. The van der Waals surface area contributed by atoms with E-state index in [0.717, 1.165) is 18.4 Å². The maximum atomic E-state index is 13.1. The Labute approximate surface area is 181 Å². The highest BCUT2D eigenvalue weighted by Crippen LogP contribution is 2.34. The Bertz CT molecular complexity index is 1090. The molecule has 1 fully saturated rings. The van der Waals surface area contributed by atoms with Crippen LogP contribution in [-0.4, -0.2) is 66.5 Å². The van der Waals surface area contributed by atoms with Crippen molar-refractivity contribution in [2.75, 3.05) is 31.9 Å². The molecule has 1 aromatic carbocycles. The van der Waals surface area contributed by atoms with Gasteiger partial charge in [0.15, 0.2) is 0 Å². The Hall–Kier alpha value is -2.00. The average molecular weight is 454 g/mol. The van der Waals surface area contributed by atoms with Gasteiger partial charge in [0.1, 0.15) is 0 Å². The molecule has 0 bridgehead atoms. The first-order valence-electron chi connectivity index (χ1n) is 10.9. The highest BCUT2D eigenvalue weighted by Gasteiger charge is 2.30. The molecule has 1 amide bonds. The molecule has 6 nitrogen and oxygen atoms in total. The Morgan fingerprint density at radius 3 is 2.55 bits per heavy atom. The zero-order valence-corrected chi connectivity index (χ0v) is 18.8. The van der Waals surface area contributed by atoms with Gasteiger partial charge in [-0.15, -0.1) is 0 Å². The van der Waals surface area contributed by atoms with Gasteiger partial charge in [-0.05, 0) is 49.4 Å². The third kappa shape index (κ3) is 4.22. The highest BCUT2D eigenvalue weighted by atomic mass is 32.2. The molecule has 31 heavy (non-hydrogen) atoms. The minimum atomic E-state index is -3.57. The molecule has 9 heteroatoms. The van der Waals surface area contributed by atoms with Crippen molar-refractivity contribution in [3.05, 3.63) is 35.0 Å². The molecule has 0 saturated carbocycles. The van der Waals surface area contributed by atoms with Crippen molar-refractivity contribution in [3.8, 4) is 0 Å². The number of carbonyl (C=O) groups is 1. The molecule has 3 heterocycles. The first-order valence-corrected chi connectivity index (χ1v) is 12.5. The number of nitrogens with zero attached hydrogens (tertiary/aromatic N) is 3. The lowest BCUT2D eigenvalue weighted by Gasteiger charge is -2.30. The molecule has 2 aromatic rings. The number of rotatable bonds is 5. The van der Waals surface area contributed by atoms with Crippen LogP contribution in [0.5, 0.6) is 0 Å². The number of likely N-dealkylation sites (tertiary alicyclic amines) is 1. The van der Waals surface area contributed by atoms with Crippen LogP contribution in [0.4, 0.5) is 8.78 Å². The topological polar surface area (TPSA) is 62.6 Å². The third-order valence-electron chi connectivity index (χ3n) is 6.54. The summed E-state index contributed by atoms with van der Waals surface area (Å²) in [6.07, 6.45) is -0.134. The molecule has 1 saturated heterocycles. The van der Waals surface area contributed by atoms with Crippen LogP contribution in [0.3, 0.4) is 0 Å². The van der Waals surface area contributed by atoms with Crippen LogP contribution in [0.2, 0.25) is 0 Å². The number of aromatic nitrogens is 1. The number of alkyl halides is 2. The van der Waals surface area contributed by atoms with Crippen LogP contribution in [-0.2, 0) is 23.0 Å². The van der Waals surface area contributed by atoms with Crippen LogP contribution in [0.15, 0.2) is 18.2 Å². The van der Waals surface area contributed by atoms with Crippen LogP contribution < -0.4 is 0 Å². The summed E-state index contributed by atoms with van der Waals surface area (Å²) in [6, 6.07) is 5.13. The lowest BCUT2D eigenvalue weighted by Crippen LogP contribution is -2.37. The molecule has 0 spiro atoms. The number of carbonyl (C=O) groups excluding carboxylic acids is 1. The predicted molar refractivity (Wildman–Crippen MR) is 116 cm³/mol. The van der Waals surface area contributed by atoms with Gasteiger partial charge in [0.05, 0.1) is 17.8 Å². The SMILES string of the molecule is CCS(=O)(=O)n1c2c(c3cc(C(=O)N4CCC(C)CC4)ccc31)CN(CC(F)F)CC2. The van der Waals surface area contributed by atoms with E-state index in [4.69, 9.17) is 0 Å². The fraction of sp³-hybridized carbons (Fsp3) is 0.591. The van der Waals surface area contributed by atoms with Crippen molar-refractivity contribution in [2.45, 2.75) is 46.1 Å². The molecule has 170 valence electrons. The van der Waals surface area contributed by atoms with Crippen molar-refractivity contribution in [1.29, 1.82) is 0 Å². The second-order valence-corrected chi connectivity index (χ2v) is 10.8. The van der Waals surface area contributed by atoms with Crippen molar-refractivity contribution < 1.29 is 22.0 Å². The average Bonchev–Trinajstić information content (AvgIpc) is 3.07. The van der Waals surface area contributed by atoms with Gasteiger partial charge in [-0.25, -0.2) is 21.2 Å². The van der Waals surface area contributed by atoms with Gasteiger partial charge in [-0.3, -0.25) is 9.69 Å². The molecule has 2 aliphatic rings. The molecule has 2 aliphatic heterocycles. The zero-order valence-electron chi connectivity index (χ0n) is 18.0. The minimum absolute atomic E-state index is 0.0589. The Morgan fingerprint density at radius 2 is 1.90 bits per heavy atom. The Kier molecular flexibility index (Phi) is 6.09. The second kappa shape index (κ2) is 8.50. The lowest BCUT2D eigenvalue weighted by molar-refractivity contribution is 0.0697. The lowest BCUT2D eigenvalue weighted by atomic mass is 9.98. The van der Waals surface area contributed by atoms with Gasteiger partial charge in [-0.1, -0.05) is 6.92 Å². The smallest absolute Gasteiger partial charge is 0.253 e. The molecule has 0 unspecified atom stereocenters. The predicted octanol–water partition coefficient (Wildman–Crippen LogP) is 3.33. The minimum Gasteiger partial charge on any atom is -0.339 e. The summed E-state index contributed by atoms with van der Waals surface area (Å²) >= 11 is 0. The molecule has 1 aromatic heterocycles. The molecule has 0 aliphatic carbocycles. The van der Waals surface area contributed by atoms with Crippen molar-refractivity contribution in [3.63, 3.8) is 0 Å². The molecule has 0 radical (unpaired) electrons. The van der Waals surface area contributed by atoms with Gasteiger partial charge in [0.25, 0.3) is 12.3 Å². The van der Waals surface area contributed by atoms with Crippen LogP contribution in [0.25, 0.3) is 10.9 Å². The van der Waals surface area contributed by atoms with E-state index in [0.29, 0.717) is 54.1 Å². The standard InChI is InChI=1S/C22H29F2N3O3S/c1-3-31(29,30)27-19-5-4-16(22(28)26-10-6-15(2)7-11-26)12-17(19)18-13-25(14-21(23)24)9-8-20(18)27/h4-5,12,15,21H,3,6-11,13-14H2,1-2H3. The van der Waals surface area contributed by atoms with Gasteiger partial charge >= 0.3 is 0 Å². The maximum absolute atomic E-state index is 13.1. The number of hydrogen-bond acceptors (Lipinski definition) is 4. The van der Waals surface area contributed by atoms with E-state index < -0.39 is 16.4 Å². The molecule has 0 atom stereocenters. The van der Waals surface area contributed by atoms with Crippen molar-refractivity contribution in [1.82, 2.24) is 13.8 Å². The van der Waals surface area contributed by atoms with E-state index in [1.807, 2.05) is 4.90 Å². The van der Waals surface area contributed by atoms with E-state index >= 15 is 0 Å². The second-order valence-electron chi connectivity index (χ2n) is 8.67. The number of amides is 1. The maximum Gasteiger partial charge on any atom is 0.253 e. The van der Waals surface area contributed by atoms with E-state index in [-0.39, 0.29) is 24.7 Å². The molecular formula is C22H29F2N3O3S. The normalized spacial score (nSPS) is 18.7. The van der Waals surface area contributed by atoms with E-state index in [2.05, 4.69) is 6.92 Å². The summed E-state index contributed by atoms with van der Waals surface area (Å²) in [6.45, 7) is 5.48. The van der Waals surface area contributed by atoms with Gasteiger partial charge < -0.3 is 4.90 Å². The monoisotopic (exact) mass is 453 g/mol. The van der Waals surface area contributed by atoms with Crippen LogP contribution >= 0.6 is 0 Å². The third-order valence-corrected chi connectivity index (χ3v) is 8.24. The number of hydrogen-bond donors (Lipinski definition) is 0. The molecule has 0 N–H and O–H groups in total. The van der Waals surface area contributed by atoms with Crippen LogP contribution in [0.1, 0.15) is 48.3 Å². The summed E-state index contributed by atoms with van der Waals surface area (Å²) in [5.74, 6) is 0.484. The van der Waals surface area contributed by atoms with E-state index in [1.165, 1.54) is 3.97 Å². The Balaban J connectivity index is 1.78.